The molecule has 250 valence electrons. The Morgan fingerprint density at radius 1 is 0.979 bits per heavy atom. The van der Waals surface area contributed by atoms with Crippen LogP contribution in [-0.2, 0) is 31.4 Å². The summed E-state index contributed by atoms with van der Waals surface area (Å²) in [6.07, 6.45) is 3.45. The molecule has 0 aliphatic rings. The highest BCUT2D eigenvalue weighted by atomic mass is 31.2. The number of likely N-dealkylation sites (N-methyl/N-ethyl adjacent to an activating group) is 1. The zero-order chi connectivity index (χ0) is 34.1. The van der Waals surface area contributed by atoms with Crippen LogP contribution in [0.5, 0.6) is 11.5 Å². The molecule has 12 heteroatoms. The van der Waals surface area contributed by atoms with Gasteiger partial charge in [-0.05, 0) is 68.8 Å². The summed E-state index contributed by atoms with van der Waals surface area (Å²) in [6, 6.07) is 24.5. The number of benzene rings is 3. The predicted octanol–water partition coefficient (Wildman–Crippen LogP) is 7.87. The number of carbonyl (C=O) groups excluding carboxylic acids is 1. The van der Waals surface area contributed by atoms with Crippen LogP contribution in [0.4, 0.5) is 5.82 Å². The second-order valence-electron chi connectivity index (χ2n) is 10.7. The molecule has 0 unspecified atom stereocenters. The van der Waals surface area contributed by atoms with E-state index in [-0.39, 0.29) is 32.1 Å². The molecule has 11 nitrogen and oxygen atoms in total. The summed E-state index contributed by atoms with van der Waals surface area (Å²) in [4.78, 5) is 19.7. The van der Waals surface area contributed by atoms with Gasteiger partial charge >= 0.3 is 7.60 Å². The number of hydrogen-bond acceptors (Lipinski definition) is 9. The third-order valence-corrected chi connectivity index (χ3v) is 9.10. The van der Waals surface area contributed by atoms with Crippen molar-refractivity contribution in [1.82, 2.24) is 14.8 Å². The lowest BCUT2D eigenvalue weighted by molar-refractivity contribution is -0.117. The molecule has 0 atom stereocenters. The van der Waals surface area contributed by atoms with E-state index in [4.69, 9.17) is 28.0 Å². The van der Waals surface area contributed by atoms with Crippen LogP contribution in [0.1, 0.15) is 36.4 Å². The largest absolute Gasteiger partial charge is 0.493 e. The Morgan fingerprint density at radius 3 is 2.33 bits per heavy atom. The number of amides is 1. The van der Waals surface area contributed by atoms with Gasteiger partial charge in [-0.1, -0.05) is 42.5 Å². The Labute approximate surface area is 280 Å². The van der Waals surface area contributed by atoms with E-state index in [1.165, 1.54) is 10.7 Å². The first-order valence-electron chi connectivity index (χ1n) is 15.5. The van der Waals surface area contributed by atoms with E-state index in [2.05, 4.69) is 4.98 Å². The van der Waals surface area contributed by atoms with Crippen molar-refractivity contribution in [3.05, 3.63) is 113 Å². The molecule has 0 aliphatic carbocycles. The summed E-state index contributed by atoms with van der Waals surface area (Å²) in [5, 5.41) is 4.71. The third-order valence-electron chi connectivity index (χ3n) is 7.35. The van der Waals surface area contributed by atoms with E-state index in [1.807, 2.05) is 73.7 Å². The standard InChI is InChI=1S/C36H39N4O7P/c1-6-45-48(42,46-7-2)21-20-29-24-40(30-16-12-9-13-17-30)38-35(29)39(4)34(41)23-27-18-19-32(33(22-27)43-5)44-25-31-26(3)47-36(37-31)28-14-10-8-11-15-28/h8-22,24H,6-7,23,25H2,1-5H3/b21-20+. The first-order valence-corrected chi connectivity index (χ1v) is 17.2. The number of hydrogen-bond donors (Lipinski definition) is 0. The molecule has 5 rings (SSSR count). The van der Waals surface area contributed by atoms with Crippen LogP contribution in [0, 0.1) is 6.92 Å². The smallest absolute Gasteiger partial charge is 0.354 e. The maximum absolute atomic E-state index is 13.6. The topological polar surface area (TPSA) is 118 Å². The van der Waals surface area contributed by atoms with E-state index in [9.17, 15) is 9.36 Å². The minimum Gasteiger partial charge on any atom is -0.493 e. The monoisotopic (exact) mass is 670 g/mol. The molecular weight excluding hydrogens is 631 g/mol. The van der Waals surface area contributed by atoms with Gasteiger partial charge in [0, 0.05) is 30.2 Å². The Balaban J connectivity index is 1.33. The SMILES string of the molecule is CCOP(=O)(/C=C/c1cn(-c2ccccc2)nc1N(C)C(=O)Cc1ccc(OCc2nc(-c3ccccc3)oc2C)c(OC)c1)OCC. The van der Waals surface area contributed by atoms with Gasteiger partial charge in [-0.2, -0.15) is 0 Å². The highest BCUT2D eigenvalue weighted by Crippen LogP contribution is 2.50. The molecule has 1 amide bonds. The van der Waals surface area contributed by atoms with Crippen molar-refractivity contribution >= 4 is 25.4 Å². The zero-order valence-corrected chi connectivity index (χ0v) is 28.6. The number of aromatic nitrogens is 3. The number of para-hydroxylation sites is 1. The predicted molar refractivity (Wildman–Crippen MR) is 185 cm³/mol. The van der Waals surface area contributed by atoms with Gasteiger partial charge in [0.25, 0.3) is 0 Å². The van der Waals surface area contributed by atoms with Crippen LogP contribution in [0.15, 0.2) is 95.3 Å². The van der Waals surface area contributed by atoms with Crippen molar-refractivity contribution in [3.8, 4) is 28.6 Å². The summed E-state index contributed by atoms with van der Waals surface area (Å²) < 4.78 is 43.2. The Morgan fingerprint density at radius 2 is 1.67 bits per heavy atom. The molecule has 3 aromatic carbocycles. The summed E-state index contributed by atoms with van der Waals surface area (Å²) in [5.41, 5.74) is 3.64. The Kier molecular flexibility index (Phi) is 11.3. The molecule has 0 aliphatic heterocycles. The van der Waals surface area contributed by atoms with Crippen molar-refractivity contribution in [3.63, 3.8) is 0 Å². The lowest BCUT2D eigenvalue weighted by Crippen LogP contribution is -2.29. The van der Waals surface area contributed by atoms with Crippen LogP contribution in [0.25, 0.3) is 23.2 Å². The average molecular weight is 671 g/mol. The van der Waals surface area contributed by atoms with E-state index in [1.54, 1.807) is 57.1 Å². The first kappa shape index (κ1) is 34.4. The van der Waals surface area contributed by atoms with Crippen molar-refractivity contribution in [2.24, 2.45) is 0 Å². The van der Waals surface area contributed by atoms with Crippen LogP contribution in [-0.4, -0.2) is 48.0 Å². The molecule has 0 radical (unpaired) electrons. The van der Waals surface area contributed by atoms with Gasteiger partial charge in [0.1, 0.15) is 18.1 Å². The lowest BCUT2D eigenvalue weighted by Gasteiger charge is -2.17. The Bertz CT molecular complexity index is 1890. The fraction of sp³-hybridized carbons (Fsp3) is 0.250. The number of aryl methyl sites for hydroxylation is 1. The van der Waals surface area contributed by atoms with Gasteiger partial charge in [0.2, 0.25) is 11.8 Å². The summed E-state index contributed by atoms with van der Waals surface area (Å²) in [7, 11) is -0.286. The quantitative estimate of drug-likeness (QED) is 0.103. The fourth-order valence-corrected chi connectivity index (χ4v) is 6.20. The molecule has 5 aromatic rings. The van der Waals surface area contributed by atoms with E-state index in [0.29, 0.717) is 40.2 Å². The van der Waals surface area contributed by atoms with E-state index in [0.717, 1.165) is 16.8 Å². The highest BCUT2D eigenvalue weighted by Gasteiger charge is 2.23. The molecule has 0 bridgehead atoms. The first-order chi connectivity index (χ1) is 23.2. The molecular formula is C36H39N4O7P. The lowest BCUT2D eigenvalue weighted by atomic mass is 10.1. The number of carbonyl (C=O) groups is 1. The Hall–Kier alpha value is -4.96. The number of ether oxygens (including phenoxy) is 2. The zero-order valence-electron chi connectivity index (χ0n) is 27.7. The van der Waals surface area contributed by atoms with Gasteiger partial charge < -0.3 is 22.9 Å². The van der Waals surface area contributed by atoms with Crippen molar-refractivity contribution in [1.29, 1.82) is 0 Å². The molecule has 0 spiro atoms. The van der Waals surface area contributed by atoms with E-state index >= 15 is 0 Å². The van der Waals surface area contributed by atoms with Gasteiger partial charge in [-0.3, -0.25) is 14.3 Å². The molecule has 0 N–H and O–H groups in total. The minimum atomic E-state index is -3.49. The van der Waals surface area contributed by atoms with Gasteiger partial charge in [0.05, 0.1) is 32.4 Å². The van der Waals surface area contributed by atoms with Crippen molar-refractivity contribution < 1.29 is 32.3 Å². The average Bonchev–Trinajstić information content (AvgIpc) is 3.71. The summed E-state index contributed by atoms with van der Waals surface area (Å²) >= 11 is 0. The highest BCUT2D eigenvalue weighted by molar-refractivity contribution is 7.57. The number of anilines is 1. The fourth-order valence-electron chi connectivity index (χ4n) is 4.89. The molecule has 48 heavy (non-hydrogen) atoms. The van der Waals surface area contributed by atoms with Gasteiger partial charge in [0.15, 0.2) is 17.3 Å². The van der Waals surface area contributed by atoms with Crippen molar-refractivity contribution in [2.75, 3.05) is 32.3 Å². The molecule has 2 aromatic heterocycles. The minimum absolute atomic E-state index is 0.0632. The van der Waals surface area contributed by atoms with Gasteiger partial charge in [-0.15, -0.1) is 5.10 Å². The van der Waals surface area contributed by atoms with Crippen LogP contribution < -0.4 is 14.4 Å². The summed E-state index contributed by atoms with van der Waals surface area (Å²) in [6.45, 7) is 5.97. The second kappa shape index (κ2) is 15.8. The van der Waals surface area contributed by atoms with Gasteiger partial charge in [-0.25, -0.2) is 9.67 Å². The normalized spacial score (nSPS) is 11.6. The van der Waals surface area contributed by atoms with Crippen molar-refractivity contribution in [2.45, 2.75) is 33.8 Å². The maximum Gasteiger partial charge on any atom is 0.354 e. The van der Waals surface area contributed by atoms with Crippen LogP contribution >= 0.6 is 7.60 Å². The van der Waals surface area contributed by atoms with Crippen LogP contribution in [0.2, 0.25) is 0 Å². The number of oxazole rings is 1. The third kappa shape index (κ3) is 8.30. The van der Waals surface area contributed by atoms with Crippen LogP contribution in [0.3, 0.4) is 0 Å². The molecule has 0 fully saturated rings. The molecule has 0 saturated heterocycles. The summed E-state index contributed by atoms with van der Waals surface area (Å²) in [5.74, 6) is 3.75. The number of rotatable bonds is 15. The maximum atomic E-state index is 13.6. The number of methoxy groups -OCH3 is 1. The van der Waals surface area contributed by atoms with E-state index < -0.39 is 7.60 Å². The molecule has 2 heterocycles. The molecule has 0 saturated carbocycles. The number of nitrogens with zero attached hydrogens (tertiary/aromatic N) is 4. The second-order valence-corrected chi connectivity index (χ2v) is 12.6.